The van der Waals surface area contributed by atoms with E-state index in [1.54, 1.807) is 44.2 Å². The van der Waals surface area contributed by atoms with Gasteiger partial charge >= 0.3 is 0 Å². The fourth-order valence-electron chi connectivity index (χ4n) is 4.78. The monoisotopic (exact) mass is 541 g/mol. The van der Waals surface area contributed by atoms with Gasteiger partial charge in [-0.3, -0.25) is 19.3 Å². The number of aromatic nitrogens is 1. The van der Waals surface area contributed by atoms with Crippen molar-refractivity contribution in [3.05, 3.63) is 77.1 Å². The second kappa shape index (κ2) is 11.0. The number of halogens is 2. The molecule has 38 heavy (non-hydrogen) atoms. The number of pyridine rings is 1. The molecule has 7 nitrogen and oxygen atoms in total. The van der Waals surface area contributed by atoms with Crippen molar-refractivity contribution >= 4 is 33.1 Å². The van der Waals surface area contributed by atoms with Crippen molar-refractivity contribution in [3.8, 4) is 11.1 Å². The van der Waals surface area contributed by atoms with Gasteiger partial charge in [-0.15, -0.1) is 0 Å². The highest BCUT2D eigenvalue weighted by Gasteiger charge is 2.32. The molecule has 1 aromatic heterocycles. The molecule has 0 saturated carbocycles. The predicted octanol–water partition coefficient (Wildman–Crippen LogP) is 4.96. The molecule has 1 atom stereocenters. The molecule has 2 aromatic carbocycles. The lowest BCUT2D eigenvalue weighted by molar-refractivity contribution is -0.128. The number of nitrogens with zero attached hydrogens (tertiary/aromatic N) is 2. The summed E-state index contributed by atoms with van der Waals surface area (Å²) in [4.78, 5) is 31.5. The van der Waals surface area contributed by atoms with Crippen LogP contribution in [0.5, 0.6) is 0 Å². The van der Waals surface area contributed by atoms with Crippen LogP contribution in [-0.4, -0.2) is 37.9 Å². The van der Waals surface area contributed by atoms with Gasteiger partial charge in [0.25, 0.3) is 0 Å². The molecule has 4 rings (SSSR count). The van der Waals surface area contributed by atoms with Gasteiger partial charge in [-0.25, -0.2) is 17.2 Å². The van der Waals surface area contributed by atoms with Crippen molar-refractivity contribution in [1.29, 1.82) is 0 Å². The highest BCUT2D eigenvalue weighted by Crippen LogP contribution is 2.36. The van der Waals surface area contributed by atoms with Gasteiger partial charge in [0, 0.05) is 41.9 Å². The van der Waals surface area contributed by atoms with Crippen LogP contribution in [0.15, 0.2) is 48.7 Å². The Morgan fingerprint density at radius 1 is 1.11 bits per heavy atom. The van der Waals surface area contributed by atoms with Gasteiger partial charge in [0.1, 0.15) is 17.4 Å². The van der Waals surface area contributed by atoms with Gasteiger partial charge in [0.2, 0.25) is 15.9 Å². The first-order chi connectivity index (χ1) is 17.9. The van der Waals surface area contributed by atoms with E-state index >= 15 is 4.39 Å². The van der Waals surface area contributed by atoms with E-state index in [9.17, 15) is 22.4 Å². The van der Waals surface area contributed by atoms with Crippen LogP contribution in [0, 0.1) is 31.4 Å². The predicted molar refractivity (Wildman–Crippen MR) is 142 cm³/mol. The minimum atomic E-state index is -3.58. The molecule has 10 heteroatoms. The number of Topliss-reactive ketones (excluding diaryl/α,β-unsaturated/α-hetero) is 1. The van der Waals surface area contributed by atoms with Gasteiger partial charge in [-0.2, -0.15) is 0 Å². The quantitative estimate of drug-likeness (QED) is 0.435. The second-order valence-corrected chi connectivity index (χ2v) is 11.5. The Morgan fingerprint density at radius 2 is 1.84 bits per heavy atom. The molecule has 1 amide bonds. The summed E-state index contributed by atoms with van der Waals surface area (Å²) in [5, 5.41) is 0. The number of ketones is 1. The van der Waals surface area contributed by atoms with Gasteiger partial charge in [-0.1, -0.05) is 18.2 Å². The van der Waals surface area contributed by atoms with Crippen molar-refractivity contribution in [2.45, 2.75) is 39.5 Å². The Balaban J connectivity index is 1.55. The van der Waals surface area contributed by atoms with Gasteiger partial charge in [-0.05, 0) is 62.1 Å². The van der Waals surface area contributed by atoms with E-state index in [2.05, 4.69) is 9.71 Å². The lowest BCUT2D eigenvalue weighted by Crippen LogP contribution is -2.42. The van der Waals surface area contributed by atoms with E-state index in [-0.39, 0.29) is 41.5 Å². The zero-order valence-corrected chi connectivity index (χ0v) is 22.2. The Morgan fingerprint density at radius 3 is 2.55 bits per heavy atom. The van der Waals surface area contributed by atoms with Crippen LogP contribution < -0.4 is 9.62 Å². The number of benzene rings is 2. The number of carbonyl (C=O) groups excluding carboxylic acids is 2. The van der Waals surface area contributed by atoms with E-state index in [4.69, 9.17) is 0 Å². The van der Waals surface area contributed by atoms with Crippen molar-refractivity contribution in [2.24, 2.45) is 5.92 Å². The lowest BCUT2D eigenvalue weighted by atomic mass is 9.90. The number of sulfonamides is 1. The fraction of sp³-hybridized carbons (Fsp3) is 0.321. The molecule has 1 fully saturated rings. The molecule has 1 N–H and O–H groups in total. The first kappa shape index (κ1) is 27.4. The van der Waals surface area contributed by atoms with Crippen LogP contribution in [0.25, 0.3) is 11.1 Å². The average molecular weight is 542 g/mol. The lowest BCUT2D eigenvalue weighted by Gasteiger charge is -2.33. The first-order valence-corrected chi connectivity index (χ1v) is 14.1. The summed E-state index contributed by atoms with van der Waals surface area (Å²) in [5.74, 6) is -2.31. The molecule has 200 valence electrons. The van der Waals surface area contributed by atoms with Crippen LogP contribution in [0.3, 0.4) is 0 Å². The van der Waals surface area contributed by atoms with Crippen molar-refractivity contribution < 1.29 is 26.8 Å². The number of amides is 1. The highest BCUT2D eigenvalue weighted by molar-refractivity contribution is 7.92. The number of anilines is 2. The number of carbonyl (C=O) groups is 2. The maximum atomic E-state index is 15.4. The number of piperidine rings is 1. The Kier molecular flexibility index (Phi) is 7.91. The SMILES string of the molecule is Cc1cnc(CC(=O)C[C@@H]2CCCN(c3cc(F)c(-c4ccccc4NS(C)(=O)=O)cc3C)C2=O)c(F)c1. The third-order valence-electron chi connectivity index (χ3n) is 6.53. The molecule has 1 aliphatic heterocycles. The van der Waals surface area contributed by atoms with Crippen LogP contribution in [-0.2, 0) is 26.0 Å². The van der Waals surface area contributed by atoms with E-state index in [0.717, 1.165) is 6.26 Å². The molecule has 3 aromatic rings. The summed E-state index contributed by atoms with van der Waals surface area (Å²) in [6, 6.07) is 10.7. The van der Waals surface area contributed by atoms with Crippen molar-refractivity contribution in [3.63, 3.8) is 0 Å². The normalized spacial score (nSPS) is 16.0. The maximum absolute atomic E-state index is 15.4. The zero-order valence-electron chi connectivity index (χ0n) is 21.4. The van der Waals surface area contributed by atoms with Gasteiger partial charge < -0.3 is 4.90 Å². The standard InChI is InChI=1S/C28H29F2N3O4S/c1-17-11-24(30)26(31-16-17)14-20(34)13-19-7-6-10-33(28(19)35)27-15-23(29)22(12-18(27)2)21-8-4-5-9-25(21)32-38(3,36)37/h4-5,8-9,11-12,15-16,19,32H,6-7,10,13-14H2,1-3H3/t19-/m0/s1. The second-order valence-electron chi connectivity index (χ2n) is 9.73. The smallest absolute Gasteiger partial charge is 0.230 e. The van der Waals surface area contributed by atoms with Crippen LogP contribution in [0.4, 0.5) is 20.2 Å². The third-order valence-corrected chi connectivity index (χ3v) is 7.12. The largest absolute Gasteiger partial charge is 0.312 e. The van der Waals surface area contributed by atoms with Gasteiger partial charge in [0.05, 0.1) is 24.1 Å². The minimum absolute atomic E-state index is 0.0471. The van der Waals surface area contributed by atoms with Crippen LogP contribution in [0.2, 0.25) is 0 Å². The summed E-state index contributed by atoms with van der Waals surface area (Å²) in [6.45, 7) is 3.84. The summed E-state index contributed by atoms with van der Waals surface area (Å²) >= 11 is 0. The van der Waals surface area contributed by atoms with E-state index in [1.165, 1.54) is 23.2 Å². The molecule has 0 spiro atoms. The number of nitrogens with one attached hydrogen (secondary N) is 1. The minimum Gasteiger partial charge on any atom is -0.312 e. The fourth-order valence-corrected chi connectivity index (χ4v) is 5.36. The van der Waals surface area contributed by atoms with E-state index in [1.807, 2.05) is 0 Å². The number of para-hydroxylation sites is 1. The Hall–Kier alpha value is -3.66. The summed E-state index contributed by atoms with van der Waals surface area (Å²) in [7, 11) is -3.58. The molecular formula is C28H29F2N3O4S. The van der Waals surface area contributed by atoms with Gasteiger partial charge in [0.15, 0.2) is 0 Å². The summed E-state index contributed by atoms with van der Waals surface area (Å²) in [5.41, 5.74) is 2.54. The van der Waals surface area contributed by atoms with Crippen molar-refractivity contribution in [1.82, 2.24) is 4.98 Å². The molecule has 0 radical (unpaired) electrons. The molecular weight excluding hydrogens is 512 g/mol. The maximum Gasteiger partial charge on any atom is 0.230 e. The molecule has 0 unspecified atom stereocenters. The highest BCUT2D eigenvalue weighted by atomic mass is 32.2. The van der Waals surface area contributed by atoms with E-state index in [0.29, 0.717) is 41.8 Å². The first-order valence-electron chi connectivity index (χ1n) is 12.2. The average Bonchev–Trinajstić information content (AvgIpc) is 2.83. The topological polar surface area (TPSA) is 96.4 Å². The number of rotatable bonds is 8. The molecule has 1 saturated heterocycles. The number of hydrogen-bond acceptors (Lipinski definition) is 5. The van der Waals surface area contributed by atoms with Crippen LogP contribution in [0.1, 0.15) is 36.1 Å². The molecule has 0 aliphatic carbocycles. The summed E-state index contributed by atoms with van der Waals surface area (Å²) < 4.78 is 55.5. The Bertz CT molecular complexity index is 1510. The molecule has 1 aliphatic rings. The summed E-state index contributed by atoms with van der Waals surface area (Å²) in [6.07, 6.45) is 3.41. The van der Waals surface area contributed by atoms with E-state index < -0.39 is 27.6 Å². The zero-order chi connectivity index (χ0) is 27.6. The Labute approximate surface area is 220 Å². The third kappa shape index (κ3) is 6.24. The van der Waals surface area contributed by atoms with Crippen molar-refractivity contribution in [2.75, 3.05) is 22.4 Å². The number of hydrogen-bond donors (Lipinski definition) is 1. The number of aryl methyl sites for hydroxylation is 2. The molecule has 0 bridgehead atoms. The van der Waals surface area contributed by atoms with Crippen LogP contribution >= 0.6 is 0 Å². The molecule has 2 heterocycles.